The van der Waals surface area contributed by atoms with Crippen molar-refractivity contribution < 1.29 is 23.1 Å². The van der Waals surface area contributed by atoms with Gasteiger partial charge in [0.15, 0.2) is 23.2 Å². The Morgan fingerprint density at radius 1 is 1.12 bits per heavy atom. The molecule has 6 rings (SSSR count). The molecule has 2 aromatic heterocycles. The van der Waals surface area contributed by atoms with Crippen LogP contribution in [0.4, 0.5) is 8.78 Å². The number of rotatable bonds is 6. The summed E-state index contributed by atoms with van der Waals surface area (Å²) in [6.45, 7) is 10.8. The fraction of sp³-hybridized carbons (Fsp3) is 0.425. The Morgan fingerprint density at radius 2 is 1.94 bits per heavy atom. The molecular formula is C40H47F2N5O3S. The van der Waals surface area contributed by atoms with Gasteiger partial charge in [-0.1, -0.05) is 51.5 Å². The van der Waals surface area contributed by atoms with E-state index in [2.05, 4.69) is 43.4 Å². The molecule has 2 unspecified atom stereocenters. The molecule has 0 spiro atoms. The first-order chi connectivity index (χ1) is 24.4. The molecule has 0 fully saturated rings. The predicted octanol–water partition coefficient (Wildman–Crippen LogP) is 9.07. The molecule has 3 aromatic carbocycles. The van der Waals surface area contributed by atoms with Crippen molar-refractivity contribution in [1.82, 2.24) is 25.2 Å². The van der Waals surface area contributed by atoms with Crippen LogP contribution in [0.15, 0.2) is 60.8 Å². The Kier molecular flexibility index (Phi) is 10.9. The first-order valence-electron chi connectivity index (χ1n) is 17.6. The van der Waals surface area contributed by atoms with E-state index in [1.165, 1.54) is 18.2 Å². The number of hydroxylamine groups is 1. The van der Waals surface area contributed by atoms with Crippen LogP contribution in [0.2, 0.25) is 0 Å². The molecule has 2 N–H and O–H groups in total. The number of aryl methyl sites for hydroxylation is 2. The van der Waals surface area contributed by atoms with E-state index in [0.717, 1.165) is 52.8 Å². The molecule has 1 amide bonds. The molecule has 5 aromatic rings. The van der Waals surface area contributed by atoms with E-state index in [9.17, 15) is 4.79 Å². The number of carbonyl (C=O) groups is 1. The molecule has 0 saturated heterocycles. The molecule has 0 saturated carbocycles. The number of amides is 1. The second kappa shape index (κ2) is 15.2. The molecule has 0 radical (unpaired) electrons. The number of benzene rings is 3. The Balaban J connectivity index is 1.42. The minimum absolute atomic E-state index is 0.0379. The van der Waals surface area contributed by atoms with Gasteiger partial charge in [0.1, 0.15) is 11.6 Å². The third-order valence-electron chi connectivity index (χ3n) is 9.91. The van der Waals surface area contributed by atoms with Crippen molar-refractivity contribution in [1.29, 1.82) is 0 Å². The number of carbonyl (C=O) groups excluding carboxylic acids is 1. The highest BCUT2D eigenvalue weighted by atomic mass is 32.2. The number of halogens is 2. The maximum Gasteiger partial charge on any atom is 0.246 e. The van der Waals surface area contributed by atoms with E-state index in [-0.39, 0.29) is 28.6 Å². The molecule has 1 aliphatic rings. The Labute approximate surface area is 302 Å². The molecule has 1 aliphatic heterocycles. The highest BCUT2D eigenvalue weighted by molar-refractivity contribution is 7.99. The van der Waals surface area contributed by atoms with Crippen LogP contribution in [-0.4, -0.2) is 43.8 Å². The summed E-state index contributed by atoms with van der Waals surface area (Å²) in [4.78, 5) is 25.9. The number of nitrogens with zero attached hydrogens (tertiary/aromatic N) is 3. The van der Waals surface area contributed by atoms with Crippen molar-refractivity contribution >= 4 is 28.6 Å². The largest absolute Gasteiger partial charge is 0.454 e. The standard InChI is InChI=1S/C40H47F2N5O3S/c1-7-49-46-37(48)25(2)20-26-10-8-11-27(21-26)40(5)17-9-16-39(3,4)24-51-19-15-30-29-14-18-43-34(29)23-33(42)35(30)50-28-12-13-32(41)31(22-28)36-44-38(40)45-47(36)6/h8,10-14,18,21-23,25,43H,7,9,15-17,19-20,24H2,1-6H3,(H,46,48). The van der Waals surface area contributed by atoms with E-state index in [4.69, 9.17) is 19.7 Å². The van der Waals surface area contributed by atoms with Gasteiger partial charge in [0.05, 0.1) is 17.6 Å². The average molecular weight is 716 g/mol. The summed E-state index contributed by atoms with van der Waals surface area (Å²) < 4.78 is 39.2. The van der Waals surface area contributed by atoms with Crippen LogP contribution in [0, 0.1) is 23.0 Å². The average Bonchev–Trinajstić information content (AvgIpc) is 3.73. The highest BCUT2D eigenvalue weighted by Crippen LogP contribution is 2.41. The smallest absolute Gasteiger partial charge is 0.246 e. The number of thioether (sulfide) groups is 1. The first kappa shape index (κ1) is 36.6. The summed E-state index contributed by atoms with van der Waals surface area (Å²) >= 11 is 1.86. The third kappa shape index (κ3) is 7.99. The normalized spacial score (nSPS) is 18.7. The van der Waals surface area contributed by atoms with Gasteiger partial charge in [0, 0.05) is 41.7 Å². The van der Waals surface area contributed by atoms with E-state index in [0.29, 0.717) is 42.4 Å². The zero-order valence-corrected chi connectivity index (χ0v) is 31.1. The second-order valence-corrected chi connectivity index (χ2v) is 15.7. The van der Waals surface area contributed by atoms with Gasteiger partial charge >= 0.3 is 0 Å². The fourth-order valence-corrected chi connectivity index (χ4v) is 8.11. The molecule has 11 heteroatoms. The topological polar surface area (TPSA) is 94.1 Å². The lowest BCUT2D eigenvalue weighted by molar-refractivity contribution is -0.136. The maximum absolute atomic E-state index is 15.7. The van der Waals surface area contributed by atoms with Crippen LogP contribution in [0.25, 0.3) is 22.3 Å². The van der Waals surface area contributed by atoms with Gasteiger partial charge in [-0.3, -0.25) is 9.63 Å². The monoisotopic (exact) mass is 715 g/mol. The third-order valence-corrected chi connectivity index (χ3v) is 11.4. The maximum atomic E-state index is 15.7. The van der Waals surface area contributed by atoms with Crippen molar-refractivity contribution in [3.8, 4) is 22.9 Å². The first-order valence-corrected chi connectivity index (χ1v) is 18.8. The molecule has 4 bridgehead atoms. The van der Waals surface area contributed by atoms with Crippen LogP contribution < -0.4 is 10.2 Å². The predicted molar refractivity (Wildman–Crippen MR) is 199 cm³/mol. The fourth-order valence-electron chi connectivity index (χ4n) is 6.92. The van der Waals surface area contributed by atoms with Gasteiger partial charge in [-0.2, -0.15) is 16.9 Å². The van der Waals surface area contributed by atoms with Gasteiger partial charge in [-0.15, -0.1) is 0 Å². The zero-order chi connectivity index (χ0) is 36.3. The zero-order valence-electron chi connectivity index (χ0n) is 30.2. The number of ether oxygens (including phenoxy) is 1. The van der Waals surface area contributed by atoms with E-state index in [1.54, 1.807) is 24.0 Å². The lowest BCUT2D eigenvalue weighted by Gasteiger charge is -2.31. The minimum atomic E-state index is -0.619. The quantitative estimate of drug-likeness (QED) is 0.171. The van der Waals surface area contributed by atoms with Gasteiger partial charge in [-0.05, 0) is 91.8 Å². The van der Waals surface area contributed by atoms with Gasteiger partial charge in [-0.25, -0.2) is 23.9 Å². The Morgan fingerprint density at radius 3 is 2.75 bits per heavy atom. The van der Waals surface area contributed by atoms with E-state index < -0.39 is 17.0 Å². The molecule has 8 nitrogen and oxygen atoms in total. The van der Waals surface area contributed by atoms with Crippen molar-refractivity contribution in [2.45, 2.75) is 72.1 Å². The van der Waals surface area contributed by atoms with Crippen LogP contribution in [-0.2, 0) is 34.9 Å². The number of hydrogen-bond donors (Lipinski definition) is 2. The molecule has 3 heterocycles. The van der Waals surface area contributed by atoms with Crippen molar-refractivity contribution in [2.75, 3.05) is 18.1 Å². The number of hydrogen-bond acceptors (Lipinski definition) is 6. The molecule has 51 heavy (non-hydrogen) atoms. The second-order valence-electron chi connectivity index (χ2n) is 14.6. The van der Waals surface area contributed by atoms with Crippen LogP contribution >= 0.6 is 11.8 Å². The Hall–Kier alpha value is -4.22. The van der Waals surface area contributed by atoms with Crippen molar-refractivity contribution in [3.63, 3.8) is 0 Å². The van der Waals surface area contributed by atoms with E-state index >= 15 is 8.78 Å². The summed E-state index contributed by atoms with van der Waals surface area (Å²) in [5.41, 5.74) is 5.68. The number of aromatic amines is 1. The van der Waals surface area contributed by atoms with Crippen molar-refractivity contribution in [2.24, 2.45) is 18.4 Å². The summed E-state index contributed by atoms with van der Waals surface area (Å²) in [5.74, 6) is 1.68. The minimum Gasteiger partial charge on any atom is -0.454 e. The summed E-state index contributed by atoms with van der Waals surface area (Å²) in [6.07, 6.45) is 5.59. The molecule has 0 aliphatic carbocycles. The number of aromatic nitrogens is 4. The van der Waals surface area contributed by atoms with Crippen LogP contribution in [0.1, 0.15) is 76.4 Å². The van der Waals surface area contributed by atoms with Gasteiger partial charge in [0.2, 0.25) is 5.91 Å². The van der Waals surface area contributed by atoms with Crippen molar-refractivity contribution in [3.05, 3.63) is 94.9 Å². The lowest BCUT2D eigenvalue weighted by Crippen LogP contribution is -2.30. The summed E-state index contributed by atoms with van der Waals surface area (Å²) in [5, 5.41) is 5.82. The highest BCUT2D eigenvalue weighted by Gasteiger charge is 2.35. The lowest BCUT2D eigenvalue weighted by atomic mass is 9.75. The van der Waals surface area contributed by atoms with Gasteiger partial charge in [0.25, 0.3) is 0 Å². The number of H-pyrrole nitrogens is 1. The van der Waals surface area contributed by atoms with Crippen LogP contribution in [0.5, 0.6) is 11.5 Å². The Bertz CT molecular complexity index is 2020. The number of fused-ring (bicyclic) bond motifs is 8. The van der Waals surface area contributed by atoms with E-state index in [1.807, 2.05) is 43.8 Å². The number of nitrogens with one attached hydrogen (secondary N) is 2. The molecule has 270 valence electrons. The van der Waals surface area contributed by atoms with Crippen LogP contribution in [0.3, 0.4) is 0 Å². The SMILES string of the molecule is CCONC(=O)C(C)Cc1cccc(C2(C)CCCC(C)(C)CSCCc3c(c(F)cc4[nH]ccc34)Oc3ccc(F)c(c3)-c3nc2nn3C)c1. The molecular weight excluding hydrogens is 669 g/mol. The summed E-state index contributed by atoms with van der Waals surface area (Å²) in [6, 6.07) is 16.1. The molecule has 2 atom stereocenters. The summed E-state index contributed by atoms with van der Waals surface area (Å²) in [7, 11) is 1.76. The van der Waals surface area contributed by atoms with Gasteiger partial charge < -0.3 is 9.72 Å².